The first kappa shape index (κ1) is 24.0. The minimum Gasteiger partial charge on any atom is -0.497 e. The van der Waals surface area contributed by atoms with Crippen molar-refractivity contribution >= 4 is 11.9 Å². The van der Waals surface area contributed by atoms with Gasteiger partial charge in [0.1, 0.15) is 17.2 Å². The maximum absolute atomic E-state index is 12.8. The Morgan fingerprint density at radius 3 is 1.86 bits per heavy atom. The molecule has 0 heterocycles. The van der Waals surface area contributed by atoms with E-state index in [4.69, 9.17) is 9.47 Å². The predicted octanol–water partition coefficient (Wildman–Crippen LogP) is 8.00. The van der Waals surface area contributed by atoms with E-state index in [1.165, 1.54) is 16.7 Å². The zero-order valence-electron chi connectivity index (χ0n) is 20.7. The summed E-state index contributed by atoms with van der Waals surface area (Å²) in [5.41, 5.74) is 5.65. The zero-order valence-corrected chi connectivity index (χ0v) is 20.7. The number of carbonyl (C=O) groups excluding carboxylic acids is 1. The highest BCUT2D eigenvalue weighted by atomic mass is 16.5. The van der Waals surface area contributed by atoms with Crippen LogP contribution in [-0.2, 0) is 5.41 Å². The van der Waals surface area contributed by atoms with Crippen LogP contribution in [-0.4, -0.2) is 12.9 Å². The molecule has 0 radical (unpaired) electrons. The normalized spacial score (nSPS) is 11.1. The van der Waals surface area contributed by atoms with E-state index in [-0.39, 0.29) is 11.2 Å². The molecule has 0 fully saturated rings. The summed E-state index contributed by atoms with van der Waals surface area (Å²) in [4.78, 5) is 12.8. The fourth-order valence-corrected chi connectivity index (χ4v) is 4.04. The van der Waals surface area contributed by atoms with Gasteiger partial charge in [-0.05, 0) is 78.7 Å². The molecule has 4 aromatic carbocycles. The lowest BCUT2D eigenvalue weighted by atomic mass is 9.77. The van der Waals surface area contributed by atoms with Gasteiger partial charge in [-0.15, -0.1) is 0 Å². The van der Waals surface area contributed by atoms with Gasteiger partial charge in [0.05, 0.1) is 7.11 Å². The molecule has 0 unspecified atom stereocenters. The van der Waals surface area contributed by atoms with Gasteiger partial charge >= 0.3 is 0 Å². The Labute approximate surface area is 207 Å². The number of aryl methyl sites for hydroxylation is 1. The van der Waals surface area contributed by atoms with Crippen LogP contribution < -0.4 is 9.47 Å². The van der Waals surface area contributed by atoms with E-state index in [1.54, 1.807) is 43.5 Å². The molecule has 0 saturated carbocycles. The largest absolute Gasteiger partial charge is 0.497 e. The van der Waals surface area contributed by atoms with Gasteiger partial charge in [0.15, 0.2) is 5.78 Å². The minimum absolute atomic E-state index is 0.0475. The van der Waals surface area contributed by atoms with Crippen LogP contribution in [0, 0.1) is 6.92 Å². The molecular formula is C32H30O3. The van der Waals surface area contributed by atoms with Crippen molar-refractivity contribution in [3.63, 3.8) is 0 Å². The third-order valence-electron chi connectivity index (χ3n) is 6.42. The number of methoxy groups -OCH3 is 1. The highest BCUT2D eigenvalue weighted by Crippen LogP contribution is 2.36. The number of hydrogen-bond acceptors (Lipinski definition) is 3. The van der Waals surface area contributed by atoms with Crippen LogP contribution in [0.5, 0.6) is 17.2 Å². The number of carbonyl (C=O) groups is 1. The third-order valence-corrected chi connectivity index (χ3v) is 6.42. The average Bonchev–Trinajstić information content (AvgIpc) is 2.89. The summed E-state index contributed by atoms with van der Waals surface area (Å²) < 4.78 is 11.3. The molecule has 0 amide bonds. The monoisotopic (exact) mass is 462 g/mol. The van der Waals surface area contributed by atoms with Crippen molar-refractivity contribution < 1.29 is 14.3 Å². The minimum atomic E-state index is -0.159. The number of rotatable bonds is 8. The van der Waals surface area contributed by atoms with Gasteiger partial charge in [-0.3, -0.25) is 4.79 Å². The van der Waals surface area contributed by atoms with E-state index >= 15 is 0 Å². The van der Waals surface area contributed by atoms with Crippen molar-refractivity contribution in [3.05, 3.63) is 131 Å². The van der Waals surface area contributed by atoms with Crippen molar-refractivity contribution in [1.29, 1.82) is 0 Å². The molecule has 0 aromatic heterocycles. The summed E-state index contributed by atoms with van der Waals surface area (Å²) in [6, 6.07) is 29.2. The number of ether oxygens (including phenoxy) is 2. The Hall–Kier alpha value is -4.11. The van der Waals surface area contributed by atoms with Gasteiger partial charge in [-0.25, -0.2) is 0 Å². The lowest BCUT2D eigenvalue weighted by molar-refractivity contribution is 0.103. The summed E-state index contributed by atoms with van der Waals surface area (Å²) >= 11 is 0. The fraction of sp³-hybridized carbons (Fsp3) is 0.156. The van der Waals surface area contributed by atoms with Crippen LogP contribution in [0.15, 0.2) is 97.6 Å². The van der Waals surface area contributed by atoms with E-state index in [0.717, 1.165) is 17.1 Å². The molecule has 4 aromatic rings. The summed E-state index contributed by atoms with van der Waals surface area (Å²) in [6.07, 6.45) is 1.81. The summed E-state index contributed by atoms with van der Waals surface area (Å²) in [7, 11) is 1.60. The van der Waals surface area contributed by atoms with E-state index in [9.17, 15) is 4.79 Å². The molecule has 0 spiro atoms. The number of benzene rings is 4. The summed E-state index contributed by atoms with van der Waals surface area (Å²) in [5, 5.41) is 0. The van der Waals surface area contributed by atoms with Gasteiger partial charge in [-0.2, -0.15) is 0 Å². The molecule has 0 aliphatic heterocycles. The molecule has 0 atom stereocenters. The molecule has 0 aliphatic carbocycles. The first-order valence-electron chi connectivity index (χ1n) is 11.6. The van der Waals surface area contributed by atoms with Crippen LogP contribution in [0.1, 0.15) is 52.0 Å². The lowest BCUT2D eigenvalue weighted by Crippen LogP contribution is -2.19. The molecule has 3 nitrogen and oxygen atoms in total. The van der Waals surface area contributed by atoms with E-state index in [0.29, 0.717) is 16.9 Å². The quantitative estimate of drug-likeness (QED) is 0.249. The van der Waals surface area contributed by atoms with Gasteiger partial charge < -0.3 is 9.47 Å². The predicted molar refractivity (Wildman–Crippen MR) is 143 cm³/mol. The van der Waals surface area contributed by atoms with Crippen molar-refractivity contribution in [3.8, 4) is 17.2 Å². The van der Waals surface area contributed by atoms with Crippen molar-refractivity contribution in [2.24, 2.45) is 0 Å². The SMILES string of the molecule is C=Cc1cc(C(C)(C)c2ccc(C)cc2)ccc1Oc1ccc(C(=O)c2ccc(OC)cc2)cc1. The first-order valence-corrected chi connectivity index (χ1v) is 11.6. The Morgan fingerprint density at radius 2 is 1.31 bits per heavy atom. The van der Waals surface area contributed by atoms with Crippen molar-refractivity contribution in [2.45, 2.75) is 26.2 Å². The lowest BCUT2D eigenvalue weighted by Gasteiger charge is -2.27. The summed E-state index contributed by atoms with van der Waals surface area (Å²) in [5.74, 6) is 2.05. The second-order valence-corrected chi connectivity index (χ2v) is 9.13. The highest BCUT2D eigenvalue weighted by Gasteiger charge is 2.24. The van der Waals surface area contributed by atoms with Gasteiger partial charge in [0.25, 0.3) is 0 Å². The Kier molecular flexibility index (Phi) is 6.88. The molecule has 4 rings (SSSR count). The zero-order chi connectivity index (χ0) is 25.0. The molecular weight excluding hydrogens is 432 g/mol. The van der Waals surface area contributed by atoms with Gasteiger partial charge in [-0.1, -0.05) is 62.4 Å². The maximum atomic E-state index is 12.8. The Morgan fingerprint density at radius 1 is 0.771 bits per heavy atom. The van der Waals surface area contributed by atoms with Crippen molar-refractivity contribution in [1.82, 2.24) is 0 Å². The van der Waals surface area contributed by atoms with E-state index in [1.807, 2.05) is 24.3 Å². The number of ketones is 1. The molecule has 176 valence electrons. The average molecular weight is 463 g/mol. The molecule has 0 bridgehead atoms. The van der Waals surface area contributed by atoms with Crippen molar-refractivity contribution in [2.75, 3.05) is 7.11 Å². The molecule has 0 N–H and O–H groups in total. The second-order valence-electron chi connectivity index (χ2n) is 9.13. The van der Waals surface area contributed by atoms with Gasteiger partial charge in [0.2, 0.25) is 0 Å². The van der Waals surface area contributed by atoms with Crippen LogP contribution in [0.2, 0.25) is 0 Å². The molecule has 3 heteroatoms. The standard InChI is InChI=1S/C32H30O3/c1-6-23-21-27(32(3,4)26-13-7-22(2)8-14-26)15-20-30(23)35-29-18-11-25(12-19-29)31(33)24-9-16-28(34-5)17-10-24/h6-21H,1H2,2-5H3. The molecule has 0 saturated heterocycles. The van der Waals surface area contributed by atoms with Gasteiger partial charge in [0, 0.05) is 22.1 Å². The van der Waals surface area contributed by atoms with Crippen LogP contribution in [0.25, 0.3) is 6.08 Å². The second kappa shape index (κ2) is 10.0. The Bertz CT molecular complexity index is 1330. The van der Waals surface area contributed by atoms with Crippen LogP contribution in [0.3, 0.4) is 0 Å². The third kappa shape index (κ3) is 5.20. The fourth-order valence-electron chi connectivity index (χ4n) is 4.04. The molecule has 35 heavy (non-hydrogen) atoms. The number of hydrogen-bond donors (Lipinski definition) is 0. The van der Waals surface area contributed by atoms with E-state index in [2.05, 4.69) is 63.7 Å². The van der Waals surface area contributed by atoms with E-state index < -0.39 is 0 Å². The highest BCUT2D eigenvalue weighted by molar-refractivity contribution is 6.09. The maximum Gasteiger partial charge on any atom is 0.193 e. The van der Waals surface area contributed by atoms with Crippen LogP contribution >= 0.6 is 0 Å². The summed E-state index contributed by atoms with van der Waals surface area (Å²) in [6.45, 7) is 10.5. The molecule has 0 aliphatic rings. The topological polar surface area (TPSA) is 35.5 Å². The smallest absolute Gasteiger partial charge is 0.193 e. The first-order chi connectivity index (χ1) is 16.8. The Balaban J connectivity index is 1.53. The van der Waals surface area contributed by atoms with Crippen LogP contribution in [0.4, 0.5) is 0 Å².